The normalized spacial score (nSPS) is 10.6. The van der Waals surface area contributed by atoms with Crippen LogP contribution in [-0.2, 0) is 0 Å². The number of hydrogen-bond donors (Lipinski definition) is 0. The third-order valence-electron chi connectivity index (χ3n) is 1.61. The molecule has 76 valence electrons. The van der Waals surface area contributed by atoms with Gasteiger partial charge in [0.25, 0.3) is 6.43 Å². The second-order valence-electron chi connectivity index (χ2n) is 2.52. The maximum absolute atomic E-state index is 13.0. The van der Waals surface area contributed by atoms with Crippen molar-refractivity contribution in [1.29, 1.82) is 0 Å². The number of halogens is 3. The summed E-state index contributed by atoms with van der Waals surface area (Å²) >= 11 is 0. The van der Waals surface area contributed by atoms with E-state index in [4.69, 9.17) is 0 Å². The average molecular weight is 206 g/mol. The van der Waals surface area contributed by atoms with Gasteiger partial charge in [0.15, 0.2) is 0 Å². The zero-order valence-electron chi connectivity index (χ0n) is 7.00. The molecular formula is C7H5F3N2O2. The second-order valence-corrected chi connectivity index (χ2v) is 2.52. The molecule has 1 aromatic rings. The molecule has 0 bridgehead atoms. The van der Waals surface area contributed by atoms with E-state index in [-0.39, 0.29) is 5.69 Å². The molecule has 4 nitrogen and oxygen atoms in total. The van der Waals surface area contributed by atoms with Crippen molar-refractivity contribution in [3.63, 3.8) is 0 Å². The number of nitrogens with zero attached hydrogens (tertiary/aromatic N) is 2. The summed E-state index contributed by atoms with van der Waals surface area (Å²) in [6, 6.07) is 0. The zero-order chi connectivity index (χ0) is 10.9. The van der Waals surface area contributed by atoms with Gasteiger partial charge in [0.1, 0.15) is 5.56 Å². The van der Waals surface area contributed by atoms with Crippen LogP contribution in [0.5, 0.6) is 0 Å². The minimum atomic E-state index is -3.11. The fourth-order valence-corrected chi connectivity index (χ4v) is 0.928. The Bertz CT molecular complexity index is 381. The number of hydrogen-bond acceptors (Lipinski definition) is 3. The highest BCUT2D eigenvalue weighted by atomic mass is 19.3. The van der Waals surface area contributed by atoms with Gasteiger partial charge in [-0.1, -0.05) is 0 Å². The molecule has 0 aromatic carbocycles. The number of alkyl halides is 2. The van der Waals surface area contributed by atoms with E-state index in [0.717, 1.165) is 6.92 Å². The molecule has 0 saturated carbocycles. The molecule has 0 spiro atoms. The van der Waals surface area contributed by atoms with Gasteiger partial charge in [-0.25, -0.2) is 8.78 Å². The molecule has 0 saturated heterocycles. The van der Waals surface area contributed by atoms with E-state index in [2.05, 4.69) is 4.98 Å². The first-order valence-corrected chi connectivity index (χ1v) is 3.52. The topological polar surface area (TPSA) is 56.0 Å². The van der Waals surface area contributed by atoms with Crippen LogP contribution in [0.15, 0.2) is 6.20 Å². The summed E-state index contributed by atoms with van der Waals surface area (Å²) in [7, 11) is 0. The Balaban J connectivity index is 3.45. The molecule has 0 unspecified atom stereocenters. The molecule has 7 heteroatoms. The second kappa shape index (κ2) is 3.60. The smallest absolute Gasteiger partial charge is 0.258 e. The van der Waals surface area contributed by atoms with E-state index in [1.54, 1.807) is 0 Å². The third-order valence-corrected chi connectivity index (χ3v) is 1.61. The molecule has 0 aliphatic carbocycles. The minimum Gasteiger partial charge on any atom is -0.258 e. The molecule has 0 atom stereocenters. The molecule has 0 aliphatic rings. The van der Waals surface area contributed by atoms with E-state index >= 15 is 0 Å². The van der Waals surface area contributed by atoms with Crippen molar-refractivity contribution in [2.24, 2.45) is 0 Å². The Hall–Kier alpha value is -1.66. The van der Waals surface area contributed by atoms with Gasteiger partial charge in [0.2, 0.25) is 5.82 Å². The number of nitro groups is 1. The Labute approximate surface area is 76.5 Å². The van der Waals surface area contributed by atoms with Gasteiger partial charge < -0.3 is 0 Å². The van der Waals surface area contributed by atoms with Gasteiger partial charge in [-0.15, -0.1) is 0 Å². The third kappa shape index (κ3) is 1.66. The highest BCUT2D eigenvalue weighted by Crippen LogP contribution is 2.31. The minimum absolute atomic E-state index is 0.277. The SMILES string of the molecule is Cc1ncc(C(F)F)c([N+](=O)[O-])c1F. The van der Waals surface area contributed by atoms with Crippen LogP contribution in [0, 0.1) is 22.9 Å². The van der Waals surface area contributed by atoms with Gasteiger partial charge in [0.05, 0.1) is 10.6 Å². The van der Waals surface area contributed by atoms with Crippen molar-refractivity contribution in [1.82, 2.24) is 4.98 Å². The maximum atomic E-state index is 13.0. The van der Waals surface area contributed by atoms with Gasteiger partial charge in [-0.05, 0) is 6.92 Å². The molecule has 0 N–H and O–H groups in total. The van der Waals surface area contributed by atoms with Crippen LogP contribution in [0.3, 0.4) is 0 Å². The number of aryl methyl sites for hydroxylation is 1. The zero-order valence-corrected chi connectivity index (χ0v) is 7.00. The summed E-state index contributed by atoms with van der Waals surface area (Å²) in [5, 5.41) is 10.3. The summed E-state index contributed by atoms with van der Waals surface area (Å²) in [5.74, 6) is -1.31. The Morgan fingerprint density at radius 3 is 2.57 bits per heavy atom. The average Bonchev–Trinajstić information content (AvgIpc) is 2.08. The predicted molar refractivity (Wildman–Crippen MR) is 40.5 cm³/mol. The Morgan fingerprint density at radius 1 is 1.57 bits per heavy atom. The summed E-state index contributed by atoms with van der Waals surface area (Å²) in [6.07, 6.45) is -2.50. The van der Waals surface area contributed by atoms with Crippen LogP contribution >= 0.6 is 0 Å². The van der Waals surface area contributed by atoms with Crippen LogP contribution in [0.2, 0.25) is 0 Å². The first kappa shape index (κ1) is 10.4. The lowest BCUT2D eigenvalue weighted by molar-refractivity contribution is -0.389. The van der Waals surface area contributed by atoms with E-state index in [9.17, 15) is 23.3 Å². The molecule has 0 fully saturated rings. The first-order valence-electron chi connectivity index (χ1n) is 3.52. The van der Waals surface area contributed by atoms with Crippen molar-refractivity contribution < 1.29 is 18.1 Å². The lowest BCUT2D eigenvalue weighted by Gasteiger charge is -2.03. The highest BCUT2D eigenvalue weighted by molar-refractivity contribution is 5.42. The molecule has 0 amide bonds. The monoisotopic (exact) mass is 206 g/mol. The lowest BCUT2D eigenvalue weighted by Crippen LogP contribution is -2.03. The molecule has 1 aromatic heterocycles. The number of aromatic nitrogens is 1. The van der Waals surface area contributed by atoms with Crippen molar-refractivity contribution in [3.8, 4) is 0 Å². The van der Waals surface area contributed by atoms with Crippen LogP contribution in [0.1, 0.15) is 17.7 Å². The van der Waals surface area contributed by atoms with Gasteiger partial charge in [-0.2, -0.15) is 4.39 Å². The van der Waals surface area contributed by atoms with Gasteiger partial charge in [0, 0.05) is 6.20 Å². The van der Waals surface area contributed by atoms with Crippen molar-refractivity contribution in [3.05, 3.63) is 33.4 Å². The fourth-order valence-electron chi connectivity index (χ4n) is 0.928. The van der Waals surface area contributed by atoms with E-state index in [1.807, 2.05) is 0 Å². The van der Waals surface area contributed by atoms with Crippen LogP contribution in [0.25, 0.3) is 0 Å². The van der Waals surface area contributed by atoms with Gasteiger partial charge >= 0.3 is 5.69 Å². The molecule has 0 aliphatic heterocycles. The van der Waals surface area contributed by atoms with Crippen molar-refractivity contribution >= 4 is 5.69 Å². The van der Waals surface area contributed by atoms with Crippen molar-refractivity contribution in [2.75, 3.05) is 0 Å². The standard InChI is InChI=1S/C7H5F3N2O2/c1-3-5(8)6(12(13)14)4(2-11-3)7(9)10/h2,7H,1H3. The fraction of sp³-hybridized carbons (Fsp3) is 0.286. The molecule has 14 heavy (non-hydrogen) atoms. The molecule has 1 heterocycles. The summed E-state index contributed by atoms with van der Waals surface area (Å²) in [4.78, 5) is 12.4. The van der Waals surface area contributed by atoms with Crippen LogP contribution in [-0.4, -0.2) is 9.91 Å². The molecule has 0 radical (unpaired) electrons. The van der Waals surface area contributed by atoms with Gasteiger partial charge in [-0.3, -0.25) is 15.1 Å². The van der Waals surface area contributed by atoms with E-state index in [0.29, 0.717) is 6.20 Å². The lowest BCUT2D eigenvalue weighted by atomic mass is 10.2. The quantitative estimate of drug-likeness (QED) is 0.551. The Kier molecular flexibility index (Phi) is 2.68. The number of rotatable bonds is 2. The summed E-state index contributed by atoms with van der Waals surface area (Å²) < 4.78 is 37.4. The largest absolute Gasteiger partial charge is 0.317 e. The van der Waals surface area contributed by atoms with E-state index < -0.39 is 28.4 Å². The first-order chi connectivity index (χ1) is 6.45. The predicted octanol–water partition coefficient (Wildman–Crippen LogP) is 2.37. The number of pyridine rings is 1. The van der Waals surface area contributed by atoms with Crippen LogP contribution in [0.4, 0.5) is 18.9 Å². The molecule has 1 rings (SSSR count). The Morgan fingerprint density at radius 2 is 2.14 bits per heavy atom. The summed E-state index contributed by atoms with van der Waals surface area (Å²) in [5.41, 5.74) is -2.48. The summed E-state index contributed by atoms with van der Waals surface area (Å²) in [6.45, 7) is 1.16. The van der Waals surface area contributed by atoms with E-state index in [1.165, 1.54) is 0 Å². The molecular weight excluding hydrogens is 201 g/mol. The van der Waals surface area contributed by atoms with Crippen LogP contribution < -0.4 is 0 Å². The maximum Gasteiger partial charge on any atom is 0.317 e. The van der Waals surface area contributed by atoms with Crippen molar-refractivity contribution in [2.45, 2.75) is 13.3 Å². The highest BCUT2D eigenvalue weighted by Gasteiger charge is 2.28.